The lowest BCUT2D eigenvalue weighted by Crippen LogP contribution is -2.41. The van der Waals surface area contributed by atoms with Gasteiger partial charge in [-0.2, -0.15) is 5.48 Å². The van der Waals surface area contributed by atoms with Crippen molar-refractivity contribution in [3.63, 3.8) is 0 Å². The van der Waals surface area contributed by atoms with Crippen molar-refractivity contribution < 1.29 is 14.7 Å². The number of rotatable bonds is 4. The van der Waals surface area contributed by atoms with Gasteiger partial charge in [-0.05, 0) is 26.3 Å². The van der Waals surface area contributed by atoms with Gasteiger partial charge in [-0.3, -0.25) is 4.79 Å². The zero-order chi connectivity index (χ0) is 12.9. The molecule has 0 amide bonds. The summed E-state index contributed by atoms with van der Waals surface area (Å²) in [6, 6.07) is 8.73. The lowest BCUT2D eigenvalue weighted by atomic mass is 10.1. The van der Waals surface area contributed by atoms with E-state index in [0.29, 0.717) is 6.42 Å². The number of carbonyl (C=O) groups excluding carboxylic acids is 1. The molecule has 0 bridgehead atoms. The van der Waals surface area contributed by atoms with Crippen LogP contribution < -0.4 is 5.48 Å². The van der Waals surface area contributed by atoms with Crippen LogP contribution in [-0.2, 0) is 16.0 Å². The van der Waals surface area contributed by atoms with Crippen LogP contribution in [0.4, 0.5) is 0 Å². The molecule has 0 fully saturated rings. The minimum atomic E-state index is -0.739. The van der Waals surface area contributed by atoms with Gasteiger partial charge < -0.3 is 9.94 Å². The van der Waals surface area contributed by atoms with E-state index in [2.05, 4.69) is 0 Å². The first-order valence-electron chi connectivity index (χ1n) is 5.59. The Morgan fingerprint density at radius 3 is 2.41 bits per heavy atom. The Bertz CT molecular complexity index is 357. The minimum Gasteiger partial charge on any atom is -0.459 e. The zero-order valence-electron chi connectivity index (χ0n) is 10.4. The van der Waals surface area contributed by atoms with Crippen molar-refractivity contribution in [2.75, 3.05) is 0 Å². The number of hydrogen-bond acceptors (Lipinski definition) is 4. The molecular formula is C13H19NO3. The van der Waals surface area contributed by atoms with Gasteiger partial charge in [0.1, 0.15) is 11.6 Å². The second kappa shape index (κ2) is 5.80. The molecule has 0 aliphatic rings. The molecule has 1 aromatic carbocycles. The molecule has 94 valence electrons. The van der Waals surface area contributed by atoms with Crippen molar-refractivity contribution in [3.05, 3.63) is 35.9 Å². The molecule has 1 atom stereocenters. The Labute approximate surface area is 102 Å². The van der Waals surface area contributed by atoms with Crippen LogP contribution in [0.25, 0.3) is 0 Å². The zero-order valence-corrected chi connectivity index (χ0v) is 10.4. The van der Waals surface area contributed by atoms with Gasteiger partial charge in [0.15, 0.2) is 0 Å². The summed E-state index contributed by atoms with van der Waals surface area (Å²) in [5.41, 5.74) is 2.41. The third kappa shape index (κ3) is 4.97. The van der Waals surface area contributed by atoms with Crippen molar-refractivity contribution in [2.45, 2.75) is 38.8 Å². The highest BCUT2D eigenvalue weighted by molar-refractivity contribution is 5.76. The van der Waals surface area contributed by atoms with E-state index in [9.17, 15) is 4.79 Å². The Morgan fingerprint density at radius 2 is 1.94 bits per heavy atom. The highest BCUT2D eigenvalue weighted by atomic mass is 16.6. The number of benzene rings is 1. The third-order valence-electron chi connectivity index (χ3n) is 2.13. The first-order valence-corrected chi connectivity index (χ1v) is 5.59. The van der Waals surface area contributed by atoms with Gasteiger partial charge in [0.25, 0.3) is 0 Å². The SMILES string of the molecule is CC(C)(C)OC(=O)[C@@H](Cc1ccccc1)NO. The number of ether oxygens (including phenoxy) is 1. The summed E-state index contributed by atoms with van der Waals surface area (Å²) in [5.74, 6) is -0.455. The predicted molar refractivity (Wildman–Crippen MR) is 64.7 cm³/mol. The van der Waals surface area contributed by atoms with Crippen LogP contribution >= 0.6 is 0 Å². The molecular weight excluding hydrogens is 218 g/mol. The van der Waals surface area contributed by atoms with Crippen LogP contribution in [0, 0.1) is 0 Å². The van der Waals surface area contributed by atoms with Gasteiger partial charge in [-0.15, -0.1) is 0 Å². The Morgan fingerprint density at radius 1 is 1.35 bits per heavy atom. The van der Waals surface area contributed by atoms with Gasteiger partial charge in [-0.25, -0.2) is 0 Å². The number of hydroxylamine groups is 1. The van der Waals surface area contributed by atoms with E-state index >= 15 is 0 Å². The molecule has 2 N–H and O–H groups in total. The van der Waals surface area contributed by atoms with Gasteiger partial charge in [0.2, 0.25) is 0 Å². The van der Waals surface area contributed by atoms with Crippen molar-refractivity contribution in [2.24, 2.45) is 0 Å². The molecule has 0 radical (unpaired) electrons. The first-order chi connectivity index (χ1) is 7.92. The van der Waals surface area contributed by atoms with Gasteiger partial charge in [0, 0.05) is 6.42 Å². The smallest absolute Gasteiger partial charge is 0.326 e. The molecule has 0 spiro atoms. The summed E-state index contributed by atoms with van der Waals surface area (Å²) in [6.45, 7) is 5.38. The van der Waals surface area contributed by atoms with Crippen molar-refractivity contribution in [1.82, 2.24) is 5.48 Å². The average molecular weight is 237 g/mol. The van der Waals surface area contributed by atoms with E-state index in [0.717, 1.165) is 5.56 Å². The fourth-order valence-corrected chi connectivity index (χ4v) is 1.40. The van der Waals surface area contributed by atoms with Crippen LogP contribution in [0.1, 0.15) is 26.3 Å². The van der Waals surface area contributed by atoms with E-state index in [-0.39, 0.29) is 0 Å². The maximum Gasteiger partial charge on any atom is 0.326 e. The molecule has 0 heterocycles. The monoisotopic (exact) mass is 237 g/mol. The predicted octanol–water partition coefficient (Wildman–Crippen LogP) is 1.92. The first kappa shape index (κ1) is 13.7. The summed E-state index contributed by atoms with van der Waals surface area (Å²) in [7, 11) is 0. The Kier molecular flexibility index (Phi) is 4.66. The fraction of sp³-hybridized carbons (Fsp3) is 0.462. The average Bonchev–Trinajstić information content (AvgIpc) is 2.24. The molecule has 0 aromatic heterocycles. The third-order valence-corrected chi connectivity index (χ3v) is 2.13. The second-order valence-electron chi connectivity index (χ2n) is 4.90. The maximum absolute atomic E-state index is 11.7. The van der Waals surface area contributed by atoms with Crippen LogP contribution in [0.15, 0.2) is 30.3 Å². The molecule has 1 aromatic rings. The standard InChI is InChI=1S/C13H19NO3/c1-13(2,3)17-12(15)11(14-16)9-10-7-5-4-6-8-10/h4-8,11,14,16H,9H2,1-3H3/t11-/m1/s1. The van der Waals surface area contributed by atoms with Crippen molar-refractivity contribution in [3.8, 4) is 0 Å². The summed E-state index contributed by atoms with van der Waals surface area (Å²) in [4.78, 5) is 11.7. The van der Waals surface area contributed by atoms with Gasteiger partial charge in [0.05, 0.1) is 0 Å². The summed E-state index contributed by atoms with van der Waals surface area (Å²) < 4.78 is 5.20. The number of hydrogen-bond donors (Lipinski definition) is 2. The fourth-order valence-electron chi connectivity index (χ4n) is 1.40. The van der Waals surface area contributed by atoms with E-state index in [4.69, 9.17) is 9.94 Å². The number of esters is 1. The van der Waals surface area contributed by atoms with Crippen molar-refractivity contribution in [1.29, 1.82) is 0 Å². The minimum absolute atomic E-state index is 0.395. The summed E-state index contributed by atoms with van der Waals surface area (Å²) in [5, 5.41) is 9.00. The molecule has 0 aliphatic heterocycles. The Hall–Kier alpha value is -1.39. The number of carbonyl (C=O) groups is 1. The number of nitrogens with one attached hydrogen (secondary N) is 1. The summed E-state index contributed by atoms with van der Waals surface area (Å²) >= 11 is 0. The molecule has 1 rings (SSSR count). The second-order valence-corrected chi connectivity index (χ2v) is 4.90. The quantitative estimate of drug-likeness (QED) is 0.620. The largest absolute Gasteiger partial charge is 0.459 e. The molecule has 0 aliphatic carbocycles. The summed E-state index contributed by atoms with van der Waals surface area (Å²) in [6.07, 6.45) is 0.395. The molecule has 0 saturated heterocycles. The van der Waals surface area contributed by atoms with Crippen LogP contribution in [0.5, 0.6) is 0 Å². The van der Waals surface area contributed by atoms with E-state index in [1.165, 1.54) is 0 Å². The van der Waals surface area contributed by atoms with Crippen molar-refractivity contribution >= 4 is 5.97 Å². The lowest BCUT2D eigenvalue weighted by Gasteiger charge is -2.23. The topological polar surface area (TPSA) is 58.6 Å². The Balaban J connectivity index is 2.63. The van der Waals surface area contributed by atoms with Crippen LogP contribution in [-0.4, -0.2) is 22.8 Å². The lowest BCUT2D eigenvalue weighted by molar-refractivity contribution is -0.160. The maximum atomic E-state index is 11.7. The molecule has 17 heavy (non-hydrogen) atoms. The molecule has 0 unspecified atom stereocenters. The highest BCUT2D eigenvalue weighted by Gasteiger charge is 2.24. The van der Waals surface area contributed by atoms with E-state index in [1.807, 2.05) is 35.8 Å². The van der Waals surface area contributed by atoms with Crippen LogP contribution in [0.2, 0.25) is 0 Å². The highest BCUT2D eigenvalue weighted by Crippen LogP contribution is 2.11. The molecule has 4 nitrogen and oxygen atoms in total. The van der Waals surface area contributed by atoms with E-state index < -0.39 is 17.6 Å². The van der Waals surface area contributed by atoms with Gasteiger partial charge in [-0.1, -0.05) is 30.3 Å². The molecule has 4 heteroatoms. The normalized spacial score (nSPS) is 13.2. The van der Waals surface area contributed by atoms with E-state index in [1.54, 1.807) is 20.8 Å². The van der Waals surface area contributed by atoms with Crippen LogP contribution in [0.3, 0.4) is 0 Å². The van der Waals surface area contributed by atoms with Gasteiger partial charge >= 0.3 is 5.97 Å². The molecule has 0 saturated carbocycles.